The molecule has 1 aliphatic rings. The van der Waals surface area contributed by atoms with Crippen molar-refractivity contribution < 1.29 is 14.7 Å². The monoisotopic (exact) mass is 281 g/mol. The summed E-state index contributed by atoms with van der Waals surface area (Å²) in [4.78, 5) is 22.9. The molecule has 4 nitrogen and oxygen atoms in total. The number of hydrogen-bond donors (Lipinski definition) is 2. The second-order valence-corrected chi connectivity index (χ2v) is 6.91. The van der Waals surface area contributed by atoms with E-state index < -0.39 is 5.97 Å². The molecule has 0 aromatic heterocycles. The van der Waals surface area contributed by atoms with Crippen molar-refractivity contribution in [2.45, 2.75) is 71.8 Å². The number of carbonyl (C=O) groups is 2. The van der Waals surface area contributed by atoms with Gasteiger partial charge >= 0.3 is 5.97 Å². The summed E-state index contributed by atoms with van der Waals surface area (Å²) in [6, 6.07) is -0.288. The molecule has 1 unspecified atom stereocenters. The molecule has 0 saturated carbocycles. The molecular formula is C16H27NO3. The van der Waals surface area contributed by atoms with Gasteiger partial charge < -0.3 is 10.4 Å². The standard InChI is InChI=1S/C16H27NO3/c1-16(2,3)11-13(10-15(19)20)17-14(18)9-12-7-5-4-6-8-12/h7,13H,4-6,8-11H2,1-3H3,(H,17,18)(H,19,20). The minimum atomic E-state index is -0.864. The first-order valence-corrected chi connectivity index (χ1v) is 7.45. The third kappa shape index (κ3) is 7.31. The minimum absolute atomic E-state index is 0.00248. The summed E-state index contributed by atoms with van der Waals surface area (Å²) in [7, 11) is 0. The minimum Gasteiger partial charge on any atom is -0.481 e. The van der Waals surface area contributed by atoms with Crippen LogP contribution in [0.2, 0.25) is 0 Å². The van der Waals surface area contributed by atoms with Gasteiger partial charge in [-0.2, -0.15) is 0 Å². The number of carboxylic acid groups (broad SMARTS) is 1. The van der Waals surface area contributed by atoms with E-state index in [9.17, 15) is 9.59 Å². The van der Waals surface area contributed by atoms with Crippen LogP contribution in [0.3, 0.4) is 0 Å². The number of rotatable bonds is 6. The molecule has 0 aromatic rings. The lowest BCUT2D eigenvalue weighted by Gasteiger charge is -2.26. The second kappa shape index (κ2) is 7.46. The predicted octanol–water partition coefficient (Wildman–Crippen LogP) is 3.27. The topological polar surface area (TPSA) is 66.4 Å². The summed E-state index contributed by atoms with van der Waals surface area (Å²) >= 11 is 0. The van der Waals surface area contributed by atoms with Gasteiger partial charge in [0.25, 0.3) is 0 Å². The van der Waals surface area contributed by atoms with E-state index in [1.54, 1.807) is 0 Å². The number of hydrogen-bond acceptors (Lipinski definition) is 2. The van der Waals surface area contributed by atoms with Gasteiger partial charge in [0, 0.05) is 12.5 Å². The lowest BCUT2D eigenvalue weighted by atomic mass is 9.87. The van der Waals surface area contributed by atoms with Crippen molar-refractivity contribution in [2.75, 3.05) is 0 Å². The molecule has 4 heteroatoms. The summed E-state index contributed by atoms with van der Waals surface area (Å²) in [6.45, 7) is 6.16. The first kappa shape index (κ1) is 16.7. The average molecular weight is 281 g/mol. The lowest BCUT2D eigenvalue weighted by molar-refractivity contribution is -0.137. The molecule has 0 aromatic carbocycles. The summed E-state index contributed by atoms with van der Waals surface area (Å²) in [5.41, 5.74) is 1.19. The van der Waals surface area contributed by atoms with Crippen molar-refractivity contribution in [3.63, 3.8) is 0 Å². The van der Waals surface area contributed by atoms with Gasteiger partial charge in [-0.1, -0.05) is 32.4 Å². The van der Waals surface area contributed by atoms with E-state index in [-0.39, 0.29) is 23.8 Å². The molecule has 0 aliphatic heterocycles. The Hall–Kier alpha value is -1.32. The van der Waals surface area contributed by atoms with Gasteiger partial charge in [0.2, 0.25) is 5.91 Å². The summed E-state index contributed by atoms with van der Waals surface area (Å²) in [5, 5.41) is 11.8. The third-order valence-corrected chi connectivity index (χ3v) is 3.42. The number of aliphatic carboxylic acids is 1. The predicted molar refractivity (Wildman–Crippen MR) is 79.4 cm³/mol. The maximum absolute atomic E-state index is 12.0. The fraction of sp³-hybridized carbons (Fsp3) is 0.750. The van der Waals surface area contributed by atoms with Gasteiger partial charge in [-0.25, -0.2) is 0 Å². The number of amides is 1. The normalized spacial score (nSPS) is 17.2. The van der Waals surface area contributed by atoms with Crippen LogP contribution in [0.5, 0.6) is 0 Å². The molecule has 1 aliphatic carbocycles. The van der Waals surface area contributed by atoms with Gasteiger partial charge in [0.1, 0.15) is 0 Å². The molecule has 2 N–H and O–H groups in total. The number of allylic oxidation sites excluding steroid dienone is 1. The number of carbonyl (C=O) groups excluding carboxylic acids is 1. The highest BCUT2D eigenvalue weighted by molar-refractivity contribution is 5.79. The lowest BCUT2D eigenvalue weighted by Crippen LogP contribution is -2.39. The van der Waals surface area contributed by atoms with E-state index >= 15 is 0 Å². The smallest absolute Gasteiger partial charge is 0.305 e. The molecule has 1 amide bonds. The molecular weight excluding hydrogens is 254 g/mol. The van der Waals surface area contributed by atoms with E-state index in [0.717, 1.165) is 19.3 Å². The molecule has 0 fully saturated rings. The van der Waals surface area contributed by atoms with Crippen LogP contribution >= 0.6 is 0 Å². The van der Waals surface area contributed by atoms with Crippen molar-refractivity contribution in [1.29, 1.82) is 0 Å². The highest BCUT2D eigenvalue weighted by atomic mass is 16.4. The second-order valence-electron chi connectivity index (χ2n) is 6.91. The molecule has 114 valence electrons. The van der Waals surface area contributed by atoms with Crippen LogP contribution in [-0.4, -0.2) is 23.0 Å². The van der Waals surface area contributed by atoms with Crippen molar-refractivity contribution in [1.82, 2.24) is 5.32 Å². The zero-order valence-corrected chi connectivity index (χ0v) is 12.9. The highest BCUT2D eigenvalue weighted by Crippen LogP contribution is 2.23. The zero-order valence-electron chi connectivity index (χ0n) is 12.9. The fourth-order valence-electron chi connectivity index (χ4n) is 2.67. The number of nitrogens with one attached hydrogen (secondary N) is 1. The Morgan fingerprint density at radius 1 is 1.35 bits per heavy atom. The Labute approximate surface area is 121 Å². The van der Waals surface area contributed by atoms with E-state index in [0.29, 0.717) is 12.8 Å². The SMILES string of the molecule is CC(C)(C)CC(CC(=O)O)NC(=O)CC1=CCCCC1. The Morgan fingerprint density at radius 2 is 2.05 bits per heavy atom. The van der Waals surface area contributed by atoms with E-state index in [1.807, 2.05) is 0 Å². The van der Waals surface area contributed by atoms with E-state index in [1.165, 1.54) is 12.0 Å². The molecule has 20 heavy (non-hydrogen) atoms. The molecule has 0 spiro atoms. The maximum Gasteiger partial charge on any atom is 0.305 e. The first-order valence-electron chi connectivity index (χ1n) is 7.45. The van der Waals surface area contributed by atoms with Crippen LogP contribution in [-0.2, 0) is 9.59 Å². The van der Waals surface area contributed by atoms with Crippen LogP contribution in [0.1, 0.15) is 65.7 Å². The quantitative estimate of drug-likeness (QED) is 0.734. The third-order valence-electron chi connectivity index (χ3n) is 3.42. The Bertz CT molecular complexity index is 380. The Balaban J connectivity index is 2.52. The zero-order chi connectivity index (χ0) is 15.2. The summed E-state index contributed by atoms with van der Waals surface area (Å²) in [6.07, 6.45) is 7.64. The maximum atomic E-state index is 12.0. The Kier molecular flexibility index (Phi) is 6.24. The van der Waals surface area contributed by atoms with Crippen LogP contribution < -0.4 is 5.32 Å². The fourth-order valence-corrected chi connectivity index (χ4v) is 2.67. The van der Waals surface area contributed by atoms with Gasteiger partial charge in [0.05, 0.1) is 6.42 Å². The molecule has 1 rings (SSSR count). The largest absolute Gasteiger partial charge is 0.481 e. The summed E-state index contributed by atoms with van der Waals surface area (Å²) < 4.78 is 0. The van der Waals surface area contributed by atoms with Crippen molar-refractivity contribution in [2.24, 2.45) is 5.41 Å². The van der Waals surface area contributed by atoms with Crippen molar-refractivity contribution in [3.8, 4) is 0 Å². The molecule has 1 atom stereocenters. The van der Waals surface area contributed by atoms with Crippen LogP contribution in [0.15, 0.2) is 11.6 Å². The van der Waals surface area contributed by atoms with Crippen LogP contribution in [0.4, 0.5) is 0 Å². The van der Waals surface area contributed by atoms with Crippen molar-refractivity contribution in [3.05, 3.63) is 11.6 Å². The van der Waals surface area contributed by atoms with E-state index in [2.05, 4.69) is 32.2 Å². The van der Waals surface area contributed by atoms with Gasteiger partial charge in [-0.15, -0.1) is 0 Å². The highest BCUT2D eigenvalue weighted by Gasteiger charge is 2.23. The molecule has 0 bridgehead atoms. The number of carboxylic acids is 1. The molecule has 0 radical (unpaired) electrons. The van der Waals surface area contributed by atoms with Gasteiger partial charge in [0.15, 0.2) is 0 Å². The summed E-state index contributed by atoms with van der Waals surface area (Å²) in [5.74, 6) is -0.912. The average Bonchev–Trinajstić information content (AvgIpc) is 2.26. The first-order chi connectivity index (χ1) is 9.26. The Morgan fingerprint density at radius 3 is 2.55 bits per heavy atom. The van der Waals surface area contributed by atoms with Crippen molar-refractivity contribution >= 4 is 11.9 Å². The van der Waals surface area contributed by atoms with Gasteiger partial charge in [-0.05, 0) is 37.5 Å². The van der Waals surface area contributed by atoms with E-state index in [4.69, 9.17) is 5.11 Å². The van der Waals surface area contributed by atoms with Gasteiger partial charge in [-0.3, -0.25) is 9.59 Å². The van der Waals surface area contributed by atoms with Crippen LogP contribution in [0, 0.1) is 5.41 Å². The molecule has 0 saturated heterocycles. The molecule has 0 heterocycles. The van der Waals surface area contributed by atoms with Crippen LogP contribution in [0.25, 0.3) is 0 Å².